The Hall–Kier alpha value is -1.30. The highest BCUT2D eigenvalue weighted by Crippen LogP contribution is 2.28. The number of rotatable bonds is 6. The summed E-state index contributed by atoms with van der Waals surface area (Å²) < 4.78 is 41.9. The normalized spacial score (nSPS) is 13.4. The van der Waals surface area contributed by atoms with Gasteiger partial charge < -0.3 is 10.1 Å². The number of nitrogens with zero attached hydrogens (tertiary/aromatic N) is 1. The molecule has 1 N–H and O–H groups in total. The van der Waals surface area contributed by atoms with Gasteiger partial charge in [-0.2, -0.15) is 13.2 Å². The number of halogens is 3. The molecule has 0 radical (unpaired) electrons. The smallest absolute Gasteiger partial charge is 0.389 e. The van der Waals surface area contributed by atoms with Crippen LogP contribution in [0.2, 0.25) is 0 Å². The predicted octanol–water partition coefficient (Wildman–Crippen LogP) is 3.08. The van der Waals surface area contributed by atoms with Gasteiger partial charge in [-0.3, -0.25) is 4.98 Å². The standard InChI is InChI=1S/C12H17F3N2O/c1-3-18-10-6-9(7-17-8-10)11(16-2)4-5-12(13,14)15/h6-8,11,16H,3-5H2,1-2H3. The Balaban J connectivity index is 2.72. The van der Waals surface area contributed by atoms with Crippen molar-refractivity contribution in [1.82, 2.24) is 10.3 Å². The van der Waals surface area contributed by atoms with Crippen LogP contribution in [0.5, 0.6) is 5.75 Å². The summed E-state index contributed by atoms with van der Waals surface area (Å²) in [6, 6.07) is 1.34. The lowest BCUT2D eigenvalue weighted by atomic mass is 10.0. The molecule has 0 fully saturated rings. The average molecular weight is 262 g/mol. The van der Waals surface area contributed by atoms with Crippen molar-refractivity contribution in [3.63, 3.8) is 0 Å². The highest BCUT2D eigenvalue weighted by atomic mass is 19.4. The van der Waals surface area contributed by atoms with Crippen LogP contribution in [0.15, 0.2) is 18.5 Å². The maximum absolute atomic E-state index is 12.2. The quantitative estimate of drug-likeness (QED) is 0.855. The fourth-order valence-electron chi connectivity index (χ4n) is 1.66. The van der Waals surface area contributed by atoms with Crippen molar-refractivity contribution in [2.75, 3.05) is 13.7 Å². The molecule has 1 rings (SSSR count). The van der Waals surface area contributed by atoms with Gasteiger partial charge in [0.15, 0.2) is 0 Å². The van der Waals surface area contributed by atoms with E-state index < -0.39 is 12.6 Å². The second-order valence-electron chi connectivity index (χ2n) is 3.88. The maximum atomic E-state index is 12.2. The highest BCUT2D eigenvalue weighted by Gasteiger charge is 2.28. The molecule has 1 aromatic rings. The van der Waals surface area contributed by atoms with E-state index in [0.29, 0.717) is 17.9 Å². The van der Waals surface area contributed by atoms with Gasteiger partial charge in [0.2, 0.25) is 0 Å². The Labute approximate surface area is 104 Å². The fourth-order valence-corrected chi connectivity index (χ4v) is 1.66. The number of pyridine rings is 1. The van der Waals surface area contributed by atoms with Crippen LogP contribution in [0.4, 0.5) is 13.2 Å². The van der Waals surface area contributed by atoms with Gasteiger partial charge in [0, 0.05) is 18.7 Å². The lowest BCUT2D eigenvalue weighted by Gasteiger charge is -2.18. The molecule has 0 saturated carbocycles. The molecule has 102 valence electrons. The Bertz CT molecular complexity index is 369. The number of ether oxygens (including phenoxy) is 1. The zero-order chi connectivity index (χ0) is 13.6. The maximum Gasteiger partial charge on any atom is 0.389 e. The molecule has 0 bridgehead atoms. The predicted molar refractivity (Wildman–Crippen MR) is 62.5 cm³/mol. The molecule has 1 unspecified atom stereocenters. The number of alkyl halides is 3. The lowest BCUT2D eigenvalue weighted by molar-refractivity contribution is -0.136. The van der Waals surface area contributed by atoms with E-state index in [-0.39, 0.29) is 12.5 Å². The van der Waals surface area contributed by atoms with E-state index in [9.17, 15) is 13.2 Å². The van der Waals surface area contributed by atoms with Crippen molar-refractivity contribution < 1.29 is 17.9 Å². The molecule has 0 aliphatic heterocycles. The average Bonchev–Trinajstić information content (AvgIpc) is 2.29. The van der Waals surface area contributed by atoms with Crippen LogP contribution in [0.25, 0.3) is 0 Å². The highest BCUT2D eigenvalue weighted by molar-refractivity contribution is 5.26. The summed E-state index contributed by atoms with van der Waals surface area (Å²) in [5.74, 6) is 0.572. The first-order valence-electron chi connectivity index (χ1n) is 5.78. The molecule has 1 aromatic heterocycles. The number of nitrogens with one attached hydrogen (secondary N) is 1. The third kappa shape index (κ3) is 4.91. The first-order valence-corrected chi connectivity index (χ1v) is 5.78. The summed E-state index contributed by atoms with van der Waals surface area (Å²) in [7, 11) is 1.63. The first-order chi connectivity index (χ1) is 8.46. The molecule has 0 aliphatic carbocycles. The van der Waals surface area contributed by atoms with E-state index in [2.05, 4.69) is 10.3 Å². The zero-order valence-electron chi connectivity index (χ0n) is 10.4. The van der Waals surface area contributed by atoms with E-state index in [0.717, 1.165) is 0 Å². The van der Waals surface area contributed by atoms with Crippen molar-refractivity contribution in [1.29, 1.82) is 0 Å². The fraction of sp³-hybridized carbons (Fsp3) is 0.583. The third-order valence-corrected chi connectivity index (χ3v) is 2.51. The van der Waals surface area contributed by atoms with Crippen LogP contribution >= 0.6 is 0 Å². The molecule has 0 amide bonds. The van der Waals surface area contributed by atoms with Crippen LogP contribution in [-0.2, 0) is 0 Å². The van der Waals surface area contributed by atoms with Crippen LogP contribution in [-0.4, -0.2) is 24.8 Å². The van der Waals surface area contributed by atoms with Crippen molar-refractivity contribution >= 4 is 0 Å². The van der Waals surface area contributed by atoms with Crippen molar-refractivity contribution in [2.24, 2.45) is 0 Å². The van der Waals surface area contributed by atoms with Gasteiger partial charge in [-0.15, -0.1) is 0 Å². The zero-order valence-corrected chi connectivity index (χ0v) is 10.4. The SMILES string of the molecule is CCOc1cncc(C(CCC(F)(F)F)NC)c1. The van der Waals surface area contributed by atoms with Crippen molar-refractivity contribution in [3.05, 3.63) is 24.0 Å². The van der Waals surface area contributed by atoms with Crippen molar-refractivity contribution in [2.45, 2.75) is 32.0 Å². The summed E-state index contributed by atoms with van der Waals surface area (Å²) in [6.45, 7) is 2.34. The van der Waals surface area contributed by atoms with Gasteiger partial charge in [0.25, 0.3) is 0 Å². The third-order valence-electron chi connectivity index (χ3n) is 2.51. The molecule has 18 heavy (non-hydrogen) atoms. The van der Waals surface area contributed by atoms with Gasteiger partial charge in [-0.1, -0.05) is 0 Å². The summed E-state index contributed by atoms with van der Waals surface area (Å²) in [5, 5.41) is 2.86. The van der Waals surface area contributed by atoms with E-state index in [1.165, 1.54) is 0 Å². The molecule has 6 heteroatoms. The molecular formula is C12H17F3N2O. The molecular weight excluding hydrogens is 245 g/mol. The van der Waals surface area contributed by atoms with Gasteiger partial charge in [0.1, 0.15) is 5.75 Å². The molecule has 1 atom stereocenters. The van der Waals surface area contributed by atoms with Gasteiger partial charge in [0.05, 0.1) is 12.8 Å². The lowest BCUT2D eigenvalue weighted by Crippen LogP contribution is -2.19. The van der Waals surface area contributed by atoms with Crippen molar-refractivity contribution in [3.8, 4) is 5.75 Å². The number of hydrogen-bond donors (Lipinski definition) is 1. The van der Waals surface area contributed by atoms with Gasteiger partial charge in [-0.25, -0.2) is 0 Å². The van der Waals surface area contributed by atoms with E-state index in [1.54, 1.807) is 25.5 Å². The molecule has 0 aliphatic rings. The van der Waals surface area contributed by atoms with E-state index in [4.69, 9.17) is 4.74 Å². The Morgan fingerprint density at radius 2 is 2.11 bits per heavy atom. The Kier molecular flexibility index (Phi) is 5.40. The van der Waals surface area contributed by atoms with Crippen LogP contribution < -0.4 is 10.1 Å². The minimum atomic E-state index is -4.14. The van der Waals surface area contributed by atoms with Gasteiger partial charge in [-0.05, 0) is 32.0 Å². The summed E-state index contributed by atoms with van der Waals surface area (Å²) in [4.78, 5) is 3.97. The minimum Gasteiger partial charge on any atom is -0.492 e. The van der Waals surface area contributed by atoms with Gasteiger partial charge >= 0.3 is 6.18 Å². The summed E-state index contributed by atoms with van der Waals surface area (Å²) in [5.41, 5.74) is 0.702. The second kappa shape index (κ2) is 6.58. The Morgan fingerprint density at radius 1 is 1.39 bits per heavy atom. The first kappa shape index (κ1) is 14.8. The van der Waals surface area contributed by atoms with E-state index in [1.807, 2.05) is 6.92 Å². The topological polar surface area (TPSA) is 34.1 Å². The second-order valence-corrected chi connectivity index (χ2v) is 3.88. The molecule has 1 heterocycles. The summed E-state index contributed by atoms with van der Waals surface area (Å²) >= 11 is 0. The molecule has 0 saturated heterocycles. The van der Waals surface area contributed by atoms with Crippen LogP contribution in [0, 0.1) is 0 Å². The largest absolute Gasteiger partial charge is 0.492 e. The monoisotopic (exact) mass is 262 g/mol. The Morgan fingerprint density at radius 3 is 2.67 bits per heavy atom. The minimum absolute atomic E-state index is 0.0166. The number of hydrogen-bond acceptors (Lipinski definition) is 3. The van der Waals surface area contributed by atoms with Crippen LogP contribution in [0.1, 0.15) is 31.4 Å². The molecule has 3 nitrogen and oxygen atoms in total. The van der Waals surface area contributed by atoms with Crippen LogP contribution in [0.3, 0.4) is 0 Å². The molecule has 0 aromatic carbocycles. The molecule has 0 spiro atoms. The number of aromatic nitrogens is 1. The van der Waals surface area contributed by atoms with E-state index >= 15 is 0 Å². The summed E-state index contributed by atoms with van der Waals surface area (Å²) in [6.07, 6.45) is -1.88.